The van der Waals surface area contributed by atoms with Gasteiger partial charge in [0.1, 0.15) is 0 Å². The van der Waals surface area contributed by atoms with Crippen molar-refractivity contribution in [2.24, 2.45) is 14.1 Å². The third-order valence-corrected chi connectivity index (χ3v) is 4.24. The Morgan fingerprint density at radius 1 is 1.39 bits per heavy atom. The minimum Gasteiger partial charge on any atom is -0.351 e. The van der Waals surface area contributed by atoms with Crippen molar-refractivity contribution in [1.82, 2.24) is 14.1 Å². The second kappa shape index (κ2) is 5.02. The number of nitrogens with zero attached hydrogens (tertiary/aromatic N) is 3. The first kappa shape index (κ1) is 13.0. The van der Waals surface area contributed by atoms with Crippen molar-refractivity contribution in [1.29, 1.82) is 0 Å². The highest BCUT2D eigenvalue weighted by atomic mass is 32.2. The molecule has 0 N–H and O–H groups in total. The lowest BCUT2D eigenvalue weighted by Gasteiger charge is -2.02. The number of aromatic nitrogens is 3. The van der Waals surface area contributed by atoms with Gasteiger partial charge < -0.3 is 9.13 Å². The fraction of sp³-hybridized carbons (Fsp3) is 0.385. The van der Waals surface area contributed by atoms with E-state index in [0.717, 1.165) is 22.1 Å². The molecule has 0 spiro atoms. The molecule has 0 saturated heterocycles. The maximum atomic E-state index is 12.2. The van der Waals surface area contributed by atoms with Crippen LogP contribution < -0.4 is 0 Å². The first-order chi connectivity index (χ1) is 8.50. The summed E-state index contributed by atoms with van der Waals surface area (Å²) in [4.78, 5) is 16.4. The van der Waals surface area contributed by atoms with E-state index in [0.29, 0.717) is 5.75 Å². The van der Waals surface area contributed by atoms with Crippen LogP contribution in [0.5, 0.6) is 0 Å². The SMILES string of the molecule is Cc1cc(C(=O)CSc2nccn2C)c(C)n1C. The molecule has 2 aromatic rings. The topological polar surface area (TPSA) is 39.8 Å². The number of hydrogen-bond acceptors (Lipinski definition) is 3. The van der Waals surface area contributed by atoms with Crippen molar-refractivity contribution in [2.45, 2.75) is 19.0 Å². The van der Waals surface area contributed by atoms with Crippen molar-refractivity contribution in [3.63, 3.8) is 0 Å². The zero-order chi connectivity index (χ0) is 13.3. The predicted octanol–water partition coefficient (Wildman–Crippen LogP) is 2.35. The highest BCUT2D eigenvalue weighted by molar-refractivity contribution is 7.99. The summed E-state index contributed by atoms with van der Waals surface area (Å²) in [6.07, 6.45) is 3.62. The Balaban J connectivity index is 2.09. The summed E-state index contributed by atoms with van der Waals surface area (Å²) in [6, 6.07) is 1.96. The molecule has 0 unspecified atom stereocenters. The van der Waals surface area contributed by atoms with Gasteiger partial charge in [-0.2, -0.15) is 0 Å². The molecule has 2 heterocycles. The zero-order valence-electron chi connectivity index (χ0n) is 11.1. The summed E-state index contributed by atoms with van der Waals surface area (Å²) in [5, 5.41) is 0.869. The minimum atomic E-state index is 0.157. The van der Waals surface area contributed by atoms with E-state index in [1.165, 1.54) is 11.8 Å². The Kier molecular flexibility index (Phi) is 3.61. The van der Waals surface area contributed by atoms with Crippen LogP contribution in [0, 0.1) is 13.8 Å². The summed E-state index contributed by atoms with van der Waals surface area (Å²) in [5.74, 6) is 0.582. The normalized spacial score (nSPS) is 10.9. The van der Waals surface area contributed by atoms with Crippen LogP contribution in [0.4, 0.5) is 0 Å². The van der Waals surface area contributed by atoms with Gasteiger partial charge in [0.25, 0.3) is 0 Å². The van der Waals surface area contributed by atoms with Gasteiger partial charge in [-0.05, 0) is 19.9 Å². The standard InChI is InChI=1S/C13H17N3OS/c1-9-7-11(10(2)16(9)4)12(17)8-18-13-14-5-6-15(13)3/h5-7H,8H2,1-4H3. The van der Waals surface area contributed by atoms with Crippen LogP contribution in [-0.4, -0.2) is 25.7 Å². The van der Waals surface area contributed by atoms with Gasteiger partial charge in [-0.15, -0.1) is 0 Å². The molecule has 0 aliphatic carbocycles. The zero-order valence-corrected chi connectivity index (χ0v) is 11.9. The molecule has 96 valence electrons. The third-order valence-electron chi connectivity index (χ3n) is 3.18. The van der Waals surface area contributed by atoms with Crippen LogP contribution in [0.2, 0.25) is 0 Å². The highest BCUT2D eigenvalue weighted by Crippen LogP contribution is 2.19. The van der Waals surface area contributed by atoms with Gasteiger partial charge in [0, 0.05) is 43.4 Å². The van der Waals surface area contributed by atoms with Gasteiger partial charge in [-0.3, -0.25) is 4.79 Å². The smallest absolute Gasteiger partial charge is 0.175 e. The Labute approximate surface area is 111 Å². The van der Waals surface area contributed by atoms with Crippen LogP contribution in [0.3, 0.4) is 0 Å². The van der Waals surface area contributed by atoms with Gasteiger partial charge in [-0.25, -0.2) is 4.98 Å². The number of carbonyl (C=O) groups excluding carboxylic acids is 1. The fourth-order valence-electron chi connectivity index (χ4n) is 1.84. The van der Waals surface area contributed by atoms with Crippen LogP contribution in [0.1, 0.15) is 21.7 Å². The molecule has 2 rings (SSSR count). The fourth-order valence-corrected chi connectivity index (χ4v) is 2.65. The first-order valence-electron chi connectivity index (χ1n) is 5.77. The van der Waals surface area contributed by atoms with Gasteiger partial charge in [0.05, 0.1) is 5.75 Å². The largest absolute Gasteiger partial charge is 0.351 e. The van der Waals surface area contributed by atoms with E-state index in [4.69, 9.17) is 0 Å². The van der Waals surface area contributed by atoms with E-state index in [1.54, 1.807) is 6.20 Å². The second-order valence-electron chi connectivity index (χ2n) is 4.38. The van der Waals surface area contributed by atoms with Crippen molar-refractivity contribution in [3.8, 4) is 0 Å². The van der Waals surface area contributed by atoms with Crippen LogP contribution in [0.25, 0.3) is 0 Å². The van der Waals surface area contributed by atoms with E-state index < -0.39 is 0 Å². The molecular weight excluding hydrogens is 246 g/mol. The Morgan fingerprint density at radius 3 is 2.61 bits per heavy atom. The van der Waals surface area contributed by atoms with E-state index >= 15 is 0 Å². The number of rotatable bonds is 4. The molecule has 18 heavy (non-hydrogen) atoms. The minimum absolute atomic E-state index is 0.157. The molecule has 0 amide bonds. The molecule has 0 atom stereocenters. The third kappa shape index (κ3) is 2.36. The van der Waals surface area contributed by atoms with Gasteiger partial charge in [0.15, 0.2) is 10.9 Å². The predicted molar refractivity (Wildman–Crippen MR) is 73.1 cm³/mol. The number of thioether (sulfide) groups is 1. The molecule has 0 bridgehead atoms. The average Bonchev–Trinajstić information content (AvgIpc) is 2.86. The van der Waals surface area contributed by atoms with E-state index in [2.05, 4.69) is 4.98 Å². The Bertz CT molecular complexity index is 583. The van der Waals surface area contributed by atoms with E-state index in [1.807, 2.05) is 49.3 Å². The number of imidazole rings is 1. The number of Topliss-reactive ketones (excluding diaryl/α,β-unsaturated/α-hetero) is 1. The molecule has 0 saturated carbocycles. The molecule has 0 aliphatic heterocycles. The molecule has 0 aliphatic rings. The van der Waals surface area contributed by atoms with Crippen molar-refractivity contribution < 1.29 is 4.79 Å². The molecule has 0 aromatic carbocycles. The summed E-state index contributed by atoms with van der Waals surface area (Å²) in [6.45, 7) is 3.99. The summed E-state index contributed by atoms with van der Waals surface area (Å²) in [5.41, 5.74) is 2.95. The lowest BCUT2D eigenvalue weighted by atomic mass is 10.2. The molecule has 5 heteroatoms. The lowest BCUT2D eigenvalue weighted by Crippen LogP contribution is -2.05. The maximum Gasteiger partial charge on any atom is 0.175 e. The Hall–Kier alpha value is -1.49. The van der Waals surface area contributed by atoms with Gasteiger partial charge in [0.2, 0.25) is 0 Å². The molecule has 2 aromatic heterocycles. The van der Waals surface area contributed by atoms with Crippen molar-refractivity contribution >= 4 is 17.5 Å². The summed E-state index contributed by atoms with van der Waals surface area (Å²) in [7, 11) is 3.91. The number of hydrogen-bond donors (Lipinski definition) is 0. The van der Waals surface area contributed by atoms with Crippen LogP contribution in [-0.2, 0) is 14.1 Å². The summed E-state index contributed by atoms with van der Waals surface area (Å²) >= 11 is 1.47. The van der Waals surface area contributed by atoms with E-state index in [9.17, 15) is 4.79 Å². The quantitative estimate of drug-likeness (QED) is 0.628. The number of carbonyl (C=O) groups is 1. The van der Waals surface area contributed by atoms with Crippen LogP contribution in [0.15, 0.2) is 23.6 Å². The lowest BCUT2D eigenvalue weighted by molar-refractivity contribution is 0.102. The monoisotopic (exact) mass is 263 g/mol. The first-order valence-corrected chi connectivity index (χ1v) is 6.75. The van der Waals surface area contributed by atoms with Gasteiger partial charge in [-0.1, -0.05) is 11.8 Å². The molecule has 4 nitrogen and oxygen atoms in total. The van der Waals surface area contributed by atoms with Crippen molar-refractivity contribution in [2.75, 3.05) is 5.75 Å². The maximum absolute atomic E-state index is 12.2. The number of ketones is 1. The van der Waals surface area contributed by atoms with Crippen molar-refractivity contribution in [3.05, 3.63) is 35.4 Å². The summed E-state index contributed by atoms with van der Waals surface area (Å²) < 4.78 is 3.96. The highest BCUT2D eigenvalue weighted by Gasteiger charge is 2.14. The molecule has 0 fully saturated rings. The van der Waals surface area contributed by atoms with E-state index in [-0.39, 0.29) is 5.78 Å². The van der Waals surface area contributed by atoms with Crippen LogP contribution >= 0.6 is 11.8 Å². The number of aryl methyl sites for hydroxylation is 2. The molecular formula is C13H17N3OS. The average molecular weight is 263 g/mol. The second-order valence-corrected chi connectivity index (χ2v) is 5.32. The molecule has 0 radical (unpaired) electrons. The van der Waals surface area contributed by atoms with Gasteiger partial charge >= 0.3 is 0 Å². The Morgan fingerprint density at radius 2 is 2.11 bits per heavy atom.